The molecule has 0 bridgehead atoms. The number of hydrogen-bond acceptors (Lipinski definition) is 3. The number of nitrogens with one attached hydrogen (secondary N) is 2. The molecule has 0 aliphatic rings. The molecule has 0 atom stereocenters. The Morgan fingerprint density at radius 1 is 0.718 bits per heavy atom. The summed E-state index contributed by atoms with van der Waals surface area (Å²) in [7, 11) is 0. The van der Waals surface area contributed by atoms with Crippen molar-refractivity contribution in [1.82, 2.24) is 5.32 Å². The monoisotopic (exact) mass is 542 g/mol. The van der Waals surface area contributed by atoms with Crippen LogP contribution in [0.1, 0.15) is 31.8 Å². The first-order valence-corrected chi connectivity index (χ1v) is 12.1. The second-order valence-corrected chi connectivity index (χ2v) is 8.67. The molecule has 0 fully saturated rings. The lowest BCUT2D eigenvalue weighted by molar-refractivity contribution is -0.113. The van der Waals surface area contributed by atoms with Gasteiger partial charge in [0.15, 0.2) is 5.78 Å². The Morgan fingerprint density at radius 3 is 2.08 bits per heavy atom. The fourth-order valence-corrected chi connectivity index (χ4v) is 3.76. The second-order valence-electron chi connectivity index (χ2n) is 8.26. The van der Waals surface area contributed by atoms with Gasteiger partial charge in [0, 0.05) is 27.9 Å². The van der Waals surface area contributed by atoms with Gasteiger partial charge < -0.3 is 10.6 Å². The van der Waals surface area contributed by atoms with Crippen LogP contribution in [-0.4, -0.2) is 17.6 Å². The lowest BCUT2D eigenvalue weighted by atomic mass is 10.1. The van der Waals surface area contributed by atoms with Crippen molar-refractivity contribution in [3.63, 3.8) is 0 Å². The number of carbonyl (C=O) groups excluding carboxylic acids is 3. The molecule has 0 saturated carbocycles. The van der Waals surface area contributed by atoms with Gasteiger partial charge in [-0.1, -0.05) is 54.1 Å². The first-order valence-electron chi connectivity index (χ1n) is 11.7. The minimum atomic E-state index is -0.698. The number of rotatable bonds is 8. The summed E-state index contributed by atoms with van der Waals surface area (Å²) < 4.78 is 28.2. The van der Waals surface area contributed by atoms with E-state index >= 15 is 0 Å². The van der Waals surface area contributed by atoms with Gasteiger partial charge in [-0.2, -0.15) is 0 Å². The van der Waals surface area contributed by atoms with Crippen molar-refractivity contribution in [1.29, 1.82) is 0 Å². The number of anilines is 1. The maximum Gasteiger partial charge on any atom is 0.272 e. The Bertz CT molecular complexity index is 1560. The van der Waals surface area contributed by atoms with Gasteiger partial charge in [0.25, 0.3) is 11.8 Å². The van der Waals surface area contributed by atoms with Crippen LogP contribution in [0.25, 0.3) is 12.2 Å². The van der Waals surface area contributed by atoms with E-state index in [4.69, 9.17) is 11.6 Å². The third-order valence-corrected chi connectivity index (χ3v) is 5.89. The molecule has 2 amide bonds. The summed E-state index contributed by atoms with van der Waals surface area (Å²) in [5, 5.41) is 5.35. The molecule has 4 rings (SSSR count). The average Bonchev–Trinajstić information content (AvgIpc) is 2.94. The fraction of sp³-hybridized carbons (Fsp3) is 0. The molecule has 39 heavy (non-hydrogen) atoms. The molecule has 0 aliphatic carbocycles. The van der Waals surface area contributed by atoms with Gasteiger partial charge in [0.2, 0.25) is 0 Å². The van der Waals surface area contributed by atoms with Crippen molar-refractivity contribution in [2.45, 2.75) is 0 Å². The minimum absolute atomic E-state index is 0.100. The Balaban J connectivity index is 1.51. The molecule has 0 heterocycles. The van der Waals surface area contributed by atoms with Crippen LogP contribution in [0, 0.1) is 11.6 Å². The van der Waals surface area contributed by atoms with E-state index < -0.39 is 29.2 Å². The van der Waals surface area contributed by atoms with E-state index in [0.717, 1.165) is 0 Å². The predicted octanol–water partition coefficient (Wildman–Crippen LogP) is 6.92. The van der Waals surface area contributed by atoms with E-state index in [9.17, 15) is 23.2 Å². The lowest BCUT2D eigenvalue weighted by Gasteiger charge is -2.12. The summed E-state index contributed by atoms with van der Waals surface area (Å²) in [5.41, 5.74) is 0.959. The van der Waals surface area contributed by atoms with Crippen molar-refractivity contribution < 1.29 is 23.2 Å². The normalized spacial score (nSPS) is 11.3. The summed E-state index contributed by atoms with van der Waals surface area (Å²) >= 11 is 5.99. The summed E-state index contributed by atoms with van der Waals surface area (Å²) in [6.07, 6.45) is 3.74. The molecule has 4 aromatic carbocycles. The topological polar surface area (TPSA) is 75.3 Å². The molecule has 2 N–H and O–H groups in total. The Hall–Kier alpha value is -4.88. The highest BCUT2D eigenvalue weighted by molar-refractivity contribution is 6.32. The maximum atomic E-state index is 14.3. The molecule has 194 valence electrons. The first kappa shape index (κ1) is 27.2. The number of amides is 2. The zero-order chi connectivity index (χ0) is 27.8. The molecule has 0 unspecified atom stereocenters. The fourth-order valence-electron chi connectivity index (χ4n) is 3.53. The minimum Gasteiger partial charge on any atom is -0.321 e. The standard InChI is InChI=1S/C31H21ClF2N2O3/c32-25-10-6-12-27(34)24(25)17-18-29(37)20-13-15-23(16-14-20)35-31(39)28(19-22-9-4-5-11-26(22)33)36-30(38)21-7-2-1-3-8-21/h1-19H,(H,35,39)(H,36,38)/b18-17+,28-19-. The SMILES string of the molecule is O=C(Nc1ccc(C(=O)/C=C/c2c(F)cccc2Cl)cc1)/C(=C/c1ccccc1F)NC(=O)c1ccccc1. The summed E-state index contributed by atoms with van der Waals surface area (Å²) in [4.78, 5) is 38.3. The van der Waals surface area contributed by atoms with Crippen molar-refractivity contribution >= 4 is 47.0 Å². The van der Waals surface area contributed by atoms with Gasteiger partial charge in [-0.25, -0.2) is 8.78 Å². The molecular formula is C31H21ClF2N2O3. The van der Waals surface area contributed by atoms with E-state index in [0.29, 0.717) is 11.3 Å². The Kier molecular flexibility index (Phi) is 8.76. The number of allylic oxidation sites excluding steroid dienone is 1. The van der Waals surface area contributed by atoms with E-state index in [-0.39, 0.29) is 27.4 Å². The van der Waals surface area contributed by atoms with E-state index in [1.165, 1.54) is 78.9 Å². The van der Waals surface area contributed by atoms with Crippen LogP contribution in [-0.2, 0) is 4.79 Å². The zero-order valence-electron chi connectivity index (χ0n) is 20.3. The average molecular weight is 543 g/mol. The lowest BCUT2D eigenvalue weighted by Crippen LogP contribution is -2.30. The van der Waals surface area contributed by atoms with Crippen LogP contribution >= 0.6 is 11.6 Å². The number of hydrogen-bond donors (Lipinski definition) is 2. The number of carbonyl (C=O) groups is 3. The van der Waals surface area contributed by atoms with Gasteiger partial charge in [0.05, 0.1) is 5.02 Å². The molecule has 0 saturated heterocycles. The van der Waals surface area contributed by atoms with Crippen LogP contribution in [0.4, 0.5) is 14.5 Å². The third kappa shape index (κ3) is 7.12. The predicted molar refractivity (Wildman–Crippen MR) is 148 cm³/mol. The van der Waals surface area contributed by atoms with Gasteiger partial charge in [-0.3, -0.25) is 14.4 Å². The van der Waals surface area contributed by atoms with Crippen LogP contribution in [0.3, 0.4) is 0 Å². The van der Waals surface area contributed by atoms with Crippen LogP contribution < -0.4 is 10.6 Å². The summed E-state index contributed by atoms with van der Waals surface area (Å²) in [5.74, 6) is -2.76. The molecule has 0 spiro atoms. The summed E-state index contributed by atoms with van der Waals surface area (Å²) in [6.45, 7) is 0. The van der Waals surface area contributed by atoms with E-state index in [2.05, 4.69) is 10.6 Å². The number of halogens is 3. The number of ketones is 1. The summed E-state index contributed by atoms with van der Waals surface area (Å²) in [6, 6.07) is 24.3. The molecule has 5 nitrogen and oxygen atoms in total. The van der Waals surface area contributed by atoms with E-state index in [1.54, 1.807) is 36.4 Å². The maximum absolute atomic E-state index is 14.3. The zero-order valence-corrected chi connectivity index (χ0v) is 21.1. The van der Waals surface area contributed by atoms with E-state index in [1.807, 2.05) is 0 Å². The smallest absolute Gasteiger partial charge is 0.272 e. The molecule has 0 aromatic heterocycles. The van der Waals surface area contributed by atoms with Gasteiger partial charge in [0.1, 0.15) is 17.3 Å². The highest BCUT2D eigenvalue weighted by atomic mass is 35.5. The van der Waals surface area contributed by atoms with Crippen molar-refractivity contribution in [2.24, 2.45) is 0 Å². The highest BCUT2D eigenvalue weighted by Gasteiger charge is 2.16. The van der Waals surface area contributed by atoms with Gasteiger partial charge >= 0.3 is 0 Å². The third-order valence-electron chi connectivity index (χ3n) is 5.56. The molecule has 4 aromatic rings. The Labute approximate surface area is 228 Å². The Morgan fingerprint density at radius 2 is 1.38 bits per heavy atom. The van der Waals surface area contributed by atoms with Crippen molar-refractivity contribution in [3.8, 4) is 0 Å². The van der Waals surface area contributed by atoms with Crippen LogP contribution in [0.15, 0.2) is 109 Å². The molecule has 0 radical (unpaired) electrons. The quantitative estimate of drug-likeness (QED) is 0.187. The first-order chi connectivity index (χ1) is 18.8. The largest absolute Gasteiger partial charge is 0.321 e. The van der Waals surface area contributed by atoms with Crippen molar-refractivity contribution in [3.05, 3.63) is 148 Å². The highest BCUT2D eigenvalue weighted by Crippen LogP contribution is 2.21. The van der Waals surface area contributed by atoms with Gasteiger partial charge in [-0.05, 0) is 72.8 Å². The molecule has 8 heteroatoms. The molecule has 0 aliphatic heterocycles. The van der Waals surface area contributed by atoms with Crippen molar-refractivity contribution in [2.75, 3.05) is 5.32 Å². The molecular weight excluding hydrogens is 522 g/mol. The van der Waals surface area contributed by atoms with Gasteiger partial charge in [-0.15, -0.1) is 0 Å². The number of benzene rings is 4. The second kappa shape index (κ2) is 12.6. The van der Waals surface area contributed by atoms with Crippen LogP contribution in [0.2, 0.25) is 5.02 Å². The van der Waals surface area contributed by atoms with Crippen LogP contribution in [0.5, 0.6) is 0 Å².